The van der Waals surface area contributed by atoms with Crippen LogP contribution < -0.4 is 0 Å². The highest BCUT2D eigenvalue weighted by Crippen LogP contribution is 2.08. The SMILES string of the molecule is O=CO.c1c[nH]c(CCN2CCCCC2)n1. The summed E-state index contributed by atoms with van der Waals surface area (Å²) in [4.78, 5) is 18.3. The summed E-state index contributed by atoms with van der Waals surface area (Å²) in [5.74, 6) is 1.12. The molecule has 0 aromatic carbocycles. The van der Waals surface area contributed by atoms with Crippen molar-refractivity contribution in [3.63, 3.8) is 0 Å². The lowest BCUT2D eigenvalue weighted by Crippen LogP contribution is -2.31. The van der Waals surface area contributed by atoms with Crippen molar-refractivity contribution in [2.45, 2.75) is 25.7 Å². The molecule has 0 spiro atoms. The zero-order valence-electron chi connectivity index (χ0n) is 9.43. The molecule has 0 saturated carbocycles. The van der Waals surface area contributed by atoms with Gasteiger partial charge in [0, 0.05) is 25.4 Å². The fraction of sp³-hybridized carbons (Fsp3) is 0.636. The monoisotopic (exact) mass is 225 g/mol. The molecular weight excluding hydrogens is 206 g/mol. The summed E-state index contributed by atoms with van der Waals surface area (Å²) in [6.45, 7) is 3.47. The number of carboxylic acid groups (broad SMARTS) is 1. The third kappa shape index (κ3) is 4.93. The lowest BCUT2D eigenvalue weighted by atomic mass is 10.1. The Bertz CT molecular complexity index is 269. The van der Waals surface area contributed by atoms with Gasteiger partial charge in [-0.15, -0.1) is 0 Å². The molecule has 1 aliphatic rings. The van der Waals surface area contributed by atoms with Crippen molar-refractivity contribution in [2.75, 3.05) is 19.6 Å². The third-order valence-corrected chi connectivity index (χ3v) is 2.67. The van der Waals surface area contributed by atoms with E-state index in [2.05, 4.69) is 14.9 Å². The van der Waals surface area contributed by atoms with Gasteiger partial charge in [0.15, 0.2) is 0 Å². The number of H-pyrrole nitrogens is 1. The van der Waals surface area contributed by atoms with E-state index in [9.17, 15) is 0 Å². The van der Waals surface area contributed by atoms with E-state index in [0.717, 1.165) is 18.8 Å². The van der Waals surface area contributed by atoms with Crippen LogP contribution >= 0.6 is 0 Å². The minimum atomic E-state index is -0.250. The first-order chi connectivity index (χ1) is 7.86. The van der Waals surface area contributed by atoms with Gasteiger partial charge in [-0.05, 0) is 25.9 Å². The number of piperidine rings is 1. The number of aromatic amines is 1. The predicted octanol–water partition coefficient (Wildman–Crippen LogP) is 1.14. The van der Waals surface area contributed by atoms with Gasteiger partial charge in [-0.3, -0.25) is 4.79 Å². The molecule has 0 amide bonds. The second-order valence-electron chi connectivity index (χ2n) is 3.79. The normalized spacial score (nSPS) is 16.2. The third-order valence-electron chi connectivity index (χ3n) is 2.67. The average molecular weight is 225 g/mol. The van der Waals surface area contributed by atoms with Crippen LogP contribution in [0, 0.1) is 0 Å². The Morgan fingerprint density at radius 2 is 2.12 bits per heavy atom. The molecule has 1 aromatic heterocycles. The summed E-state index contributed by atoms with van der Waals surface area (Å²) in [6.07, 6.45) is 8.94. The first-order valence-electron chi connectivity index (χ1n) is 5.65. The first-order valence-corrected chi connectivity index (χ1v) is 5.65. The second-order valence-corrected chi connectivity index (χ2v) is 3.79. The van der Waals surface area contributed by atoms with Gasteiger partial charge in [-0.25, -0.2) is 4.98 Å². The van der Waals surface area contributed by atoms with Crippen LogP contribution in [0.15, 0.2) is 12.4 Å². The molecule has 16 heavy (non-hydrogen) atoms. The molecule has 0 aliphatic carbocycles. The van der Waals surface area contributed by atoms with Gasteiger partial charge in [0.2, 0.25) is 0 Å². The molecule has 1 fully saturated rings. The highest BCUT2D eigenvalue weighted by Gasteiger charge is 2.09. The topological polar surface area (TPSA) is 69.2 Å². The molecule has 0 atom stereocenters. The molecule has 1 aromatic rings. The lowest BCUT2D eigenvalue weighted by Gasteiger charge is -2.25. The maximum Gasteiger partial charge on any atom is 0.290 e. The molecule has 5 nitrogen and oxygen atoms in total. The Morgan fingerprint density at radius 3 is 2.69 bits per heavy atom. The van der Waals surface area contributed by atoms with E-state index in [1.165, 1.54) is 32.4 Å². The van der Waals surface area contributed by atoms with Crippen molar-refractivity contribution in [3.05, 3.63) is 18.2 Å². The lowest BCUT2D eigenvalue weighted by molar-refractivity contribution is -0.122. The average Bonchev–Trinajstić information content (AvgIpc) is 2.82. The van der Waals surface area contributed by atoms with Crippen LogP contribution in [0.4, 0.5) is 0 Å². The number of hydrogen-bond acceptors (Lipinski definition) is 3. The molecule has 2 N–H and O–H groups in total. The number of rotatable bonds is 3. The Labute approximate surface area is 95.5 Å². The fourth-order valence-corrected chi connectivity index (χ4v) is 1.88. The maximum atomic E-state index is 8.36. The number of aromatic nitrogens is 2. The van der Waals surface area contributed by atoms with E-state index >= 15 is 0 Å². The summed E-state index contributed by atoms with van der Waals surface area (Å²) >= 11 is 0. The van der Waals surface area contributed by atoms with Crippen LogP contribution in [0.3, 0.4) is 0 Å². The van der Waals surface area contributed by atoms with E-state index in [4.69, 9.17) is 9.90 Å². The number of nitrogens with one attached hydrogen (secondary N) is 1. The van der Waals surface area contributed by atoms with Crippen LogP contribution in [0.2, 0.25) is 0 Å². The molecule has 0 radical (unpaired) electrons. The van der Waals surface area contributed by atoms with Crippen LogP contribution in [0.5, 0.6) is 0 Å². The molecule has 90 valence electrons. The van der Waals surface area contributed by atoms with Crippen LogP contribution in [0.1, 0.15) is 25.1 Å². The number of carbonyl (C=O) groups is 1. The number of imidazole rings is 1. The van der Waals surface area contributed by atoms with Crippen LogP contribution in [-0.2, 0) is 11.2 Å². The highest BCUT2D eigenvalue weighted by atomic mass is 16.3. The van der Waals surface area contributed by atoms with E-state index in [0.29, 0.717) is 0 Å². The summed E-state index contributed by atoms with van der Waals surface area (Å²) in [5, 5.41) is 6.89. The van der Waals surface area contributed by atoms with Crippen LogP contribution in [0.25, 0.3) is 0 Å². The van der Waals surface area contributed by atoms with Gasteiger partial charge >= 0.3 is 0 Å². The highest BCUT2D eigenvalue weighted by molar-refractivity contribution is 5.32. The number of nitrogens with zero attached hydrogens (tertiary/aromatic N) is 2. The van der Waals surface area contributed by atoms with Gasteiger partial charge in [0.1, 0.15) is 5.82 Å². The summed E-state index contributed by atoms with van der Waals surface area (Å²) in [7, 11) is 0. The Morgan fingerprint density at radius 1 is 1.44 bits per heavy atom. The van der Waals surface area contributed by atoms with E-state index in [1.807, 2.05) is 12.4 Å². The maximum absolute atomic E-state index is 8.36. The van der Waals surface area contributed by atoms with Crippen molar-refractivity contribution in [1.29, 1.82) is 0 Å². The van der Waals surface area contributed by atoms with Crippen molar-refractivity contribution < 1.29 is 9.90 Å². The largest absolute Gasteiger partial charge is 0.483 e. The number of hydrogen-bond donors (Lipinski definition) is 2. The molecule has 2 rings (SSSR count). The second kappa shape index (κ2) is 7.87. The molecule has 0 unspecified atom stereocenters. The first kappa shape index (κ1) is 12.7. The minimum Gasteiger partial charge on any atom is -0.483 e. The molecular formula is C11H19N3O2. The molecule has 0 bridgehead atoms. The van der Waals surface area contributed by atoms with Crippen molar-refractivity contribution >= 4 is 6.47 Å². The van der Waals surface area contributed by atoms with E-state index in [1.54, 1.807) is 0 Å². The van der Waals surface area contributed by atoms with Gasteiger partial charge in [0.25, 0.3) is 6.47 Å². The standard InChI is InChI=1S/C10H17N3.CH2O2/c1-2-7-13(8-3-1)9-4-10-11-5-6-12-10;2-1-3/h5-6H,1-4,7-9H2,(H,11,12);1H,(H,2,3). The van der Waals surface area contributed by atoms with Gasteiger partial charge < -0.3 is 15.0 Å². The van der Waals surface area contributed by atoms with Gasteiger partial charge in [-0.2, -0.15) is 0 Å². The van der Waals surface area contributed by atoms with Crippen LogP contribution in [-0.4, -0.2) is 46.1 Å². The van der Waals surface area contributed by atoms with Gasteiger partial charge in [0.05, 0.1) is 0 Å². The van der Waals surface area contributed by atoms with Gasteiger partial charge in [-0.1, -0.05) is 6.42 Å². The molecule has 5 heteroatoms. The molecule has 1 aliphatic heterocycles. The van der Waals surface area contributed by atoms with Crippen molar-refractivity contribution in [2.24, 2.45) is 0 Å². The van der Waals surface area contributed by atoms with Crippen molar-refractivity contribution in [1.82, 2.24) is 14.9 Å². The van der Waals surface area contributed by atoms with E-state index in [-0.39, 0.29) is 6.47 Å². The van der Waals surface area contributed by atoms with E-state index < -0.39 is 0 Å². The summed E-state index contributed by atoms with van der Waals surface area (Å²) in [6, 6.07) is 0. The fourth-order valence-electron chi connectivity index (χ4n) is 1.88. The smallest absolute Gasteiger partial charge is 0.290 e. The summed E-state index contributed by atoms with van der Waals surface area (Å²) < 4.78 is 0. The molecule has 2 heterocycles. The Balaban J connectivity index is 0.000000386. The number of likely N-dealkylation sites (tertiary alicyclic amines) is 1. The quantitative estimate of drug-likeness (QED) is 0.757. The van der Waals surface area contributed by atoms with Crippen molar-refractivity contribution in [3.8, 4) is 0 Å². The minimum absolute atomic E-state index is 0.250. The Hall–Kier alpha value is -1.36. The zero-order valence-corrected chi connectivity index (χ0v) is 9.43. The zero-order chi connectivity index (χ0) is 11.6. The summed E-state index contributed by atoms with van der Waals surface area (Å²) in [5.41, 5.74) is 0. The molecule has 1 saturated heterocycles. The predicted molar refractivity (Wildman–Crippen MR) is 61.3 cm³/mol. The Kier molecular flexibility index (Phi) is 6.25.